The van der Waals surface area contributed by atoms with Crippen molar-refractivity contribution in [2.24, 2.45) is 11.5 Å². The lowest BCUT2D eigenvalue weighted by atomic mass is 10.1. The Hall–Kier alpha value is -1.18. The summed E-state index contributed by atoms with van der Waals surface area (Å²) in [5.74, 6) is -0.675. The van der Waals surface area contributed by atoms with E-state index in [1.54, 1.807) is 6.92 Å². The molecule has 6 N–H and O–H groups in total. The number of carbonyl (C=O) groups excluding carboxylic acids is 2. The van der Waals surface area contributed by atoms with E-state index in [0.717, 1.165) is 0 Å². The zero-order chi connectivity index (χ0) is 13.3. The molecule has 0 fully saturated rings. The van der Waals surface area contributed by atoms with E-state index in [0.29, 0.717) is 26.0 Å². The quantitative estimate of drug-likeness (QED) is 0.238. The van der Waals surface area contributed by atoms with E-state index in [1.807, 2.05) is 0 Å². The molecule has 0 saturated carbocycles. The van der Waals surface area contributed by atoms with Gasteiger partial charge in [-0.3, -0.25) is 10.1 Å². The van der Waals surface area contributed by atoms with Crippen LogP contribution in [0, 0.1) is 0 Å². The largest absolute Gasteiger partial charge is 0.464 e. The van der Waals surface area contributed by atoms with E-state index in [-0.39, 0.29) is 5.91 Å². The van der Waals surface area contributed by atoms with Gasteiger partial charge in [0.1, 0.15) is 12.3 Å². The molecule has 0 saturated heterocycles. The van der Waals surface area contributed by atoms with Gasteiger partial charge in [-0.25, -0.2) is 4.79 Å². The van der Waals surface area contributed by atoms with E-state index in [4.69, 9.17) is 16.2 Å². The zero-order valence-electron chi connectivity index (χ0n) is 10.4. The number of rotatable bonds is 8. The van der Waals surface area contributed by atoms with Crippen molar-refractivity contribution in [3.63, 3.8) is 0 Å². The molecular weight excluding hydrogens is 224 g/mol. The first-order valence-electron chi connectivity index (χ1n) is 5.65. The summed E-state index contributed by atoms with van der Waals surface area (Å²) < 4.78 is 4.86. The van der Waals surface area contributed by atoms with Gasteiger partial charge in [-0.2, -0.15) is 0 Å². The molecule has 0 bridgehead atoms. The molecular formula is C10H22N4O3. The molecule has 0 aromatic carbocycles. The Balaban J connectivity index is 4.01. The minimum Gasteiger partial charge on any atom is -0.464 e. The van der Waals surface area contributed by atoms with Crippen LogP contribution >= 0.6 is 0 Å². The van der Waals surface area contributed by atoms with Crippen LogP contribution in [0.4, 0.5) is 0 Å². The molecule has 1 unspecified atom stereocenters. The Morgan fingerprint density at radius 2 is 2.00 bits per heavy atom. The number of esters is 1. The number of nitrogens with two attached hydrogens (primary N) is 2. The summed E-state index contributed by atoms with van der Waals surface area (Å²) in [6, 6.07) is -0.608. The third-order valence-electron chi connectivity index (χ3n) is 2.00. The van der Waals surface area contributed by atoms with Gasteiger partial charge in [0.25, 0.3) is 0 Å². The molecule has 0 radical (unpaired) electrons. The number of carbonyl (C=O) groups is 2. The van der Waals surface area contributed by atoms with Gasteiger partial charge in [0.2, 0.25) is 5.91 Å². The van der Waals surface area contributed by atoms with Crippen molar-refractivity contribution in [3.05, 3.63) is 0 Å². The van der Waals surface area contributed by atoms with Crippen molar-refractivity contribution in [1.82, 2.24) is 10.6 Å². The highest BCUT2D eigenvalue weighted by atomic mass is 16.5. The van der Waals surface area contributed by atoms with Crippen molar-refractivity contribution >= 4 is 11.9 Å². The number of ether oxygens (including phenoxy) is 1. The summed E-state index contributed by atoms with van der Waals surface area (Å²) in [5, 5.41) is 5.36. The topological polar surface area (TPSA) is 119 Å². The molecule has 0 aliphatic rings. The molecule has 17 heavy (non-hydrogen) atoms. The Morgan fingerprint density at radius 3 is 2.47 bits per heavy atom. The van der Waals surface area contributed by atoms with Crippen LogP contribution in [0.2, 0.25) is 0 Å². The molecule has 1 atom stereocenters. The molecule has 1 amide bonds. The molecule has 0 aliphatic carbocycles. The molecule has 0 spiro atoms. The van der Waals surface area contributed by atoms with E-state index >= 15 is 0 Å². The van der Waals surface area contributed by atoms with E-state index in [9.17, 15) is 9.59 Å². The summed E-state index contributed by atoms with van der Waals surface area (Å²) in [5.41, 5.74) is 10.6. The maximum atomic E-state index is 11.5. The van der Waals surface area contributed by atoms with Gasteiger partial charge in [0.05, 0.1) is 6.61 Å². The summed E-state index contributed by atoms with van der Waals surface area (Å²) in [6.07, 6.45) is 0.573. The second kappa shape index (κ2) is 8.91. The van der Waals surface area contributed by atoms with Gasteiger partial charge in [-0.05, 0) is 26.3 Å². The third-order valence-corrected chi connectivity index (χ3v) is 2.00. The van der Waals surface area contributed by atoms with Crippen LogP contribution in [0.15, 0.2) is 0 Å². The van der Waals surface area contributed by atoms with Gasteiger partial charge >= 0.3 is 5.97 Å². The molecule has 0 aromatic rings. The van der Waals surface area contributed by atoms with Crippen molar-refractivity contribution < 1.29 is 14.3 Å². The monoisotopic (exact) mass is 246 g/mol. The van der Waals surface area contributed by atoms with Crippen LogP contribution in [0.1, 0.15) is 26.7 Å². The number of amides is 1. The number of hydrogen-bond acceptors (Lipinski definition) is 6. The highest BCUT2D eigenvalue weighted by Gasteiger charge is 2.19. The van der Waals surface area contributed by atoms with E-state index in [1.165, 1.54) is 6.92 Å². The van der Waals surface area contributed by atoms with Gasteiger partial charge in [-0.1, -0.05) is 0 Å². The summed E-state index contributed by atoms with van der Waals surface area (Å²) >= 11 is 0. The van der Waals surface area contributed by atoms with Crippen molar-refractivity contribution in [2.45, 2.75) is 39.0 Å². The first kappa shape index (κ1) is 15.8. The van der Waals surface area contributed by atoms with Crippen LogP contribution < -0.4 is 22.1 Å². The van der Waals surface area contributed by atoms with Gasteiger partial charge < -0.3 is 21.5 Å². The van der Waals surface area contributed by atoms with Crippen molar-refractivity contribution in [3.8, 4) is 0 Å². The maximum Gasteiger partial charge on any atom is 0.328 e. The summed E-state index contributed by atoms with van der Waals surface area (Å²) in [6.45, 7) is 3.95. The molecule has 0 aliphatic heterocycles. The lowest BCUT2D eigenvalue weighted by Gasteiger charge is -2.16. The average molecular weight is 246 g/mol. The van der Waals surface area contributed by atoms with Gasteiger partial charge in [0, 0.05) is 6.92 Å². The highest BCUT2D eigenvalue weighted by Crippen LogP contribution is 2.00. The predicted molar refractivity (Wildman–Crippen MR) is 63.6 cm³/mol. The van der Waals surface area contributed by atoms with Crippen LogP contribution in [0.25, 0.3) is 0 Å². The molecule has 100 valence electrons. The predicted octanol–water partition coefficient (Wildman–Crippen LogP) is -1.37. The highest BCUT2D eigenvalue weighted by molar-refractivity contribution is 5.83. The maximum absolute atomic E-state index is 11.5. The fraction of sp³-hybridized carbons (Fsp3) is 0.800. The Morgan fingerprint density at radius 1 is 1.35 bits per heavy atom. The molecule has 7 nitrogen and oxygen atoms in total. The van der Waals surface area contributed by atoms with Gasteiger partial charge in [-0.15, -0.1) is 0 Å². The Kier molecular flexibility index (Phi) is 8.29. The fourth-order valence-electron chi connectivity index (χ4n) is 1.31. The average Bonchev–Trinajstić information content (AvgIpc) is 2.22. The van der Waals surface area contributed by atoms with Crippen LogP contribution in [0.5, 0.6) is 0 Å². The standard InChI is InChI=1S/C10H22N4O3/c1-3-17-9(16)8(14-7(2)15)5-4-6-13-10(11)12/h8,10,13H,3-6,11-12H2,1-2H3,(H,14,15). The second-order valence-corrected chi connectivity index (χ2v) is 3.63. The summed E-state index contributed by atoms with van der Waals surface area (Å²) in [4.78, 5) is 22.4. The number of hydrogen-bond donors (Lipinski definition) is 4. The summed E-state index contributed by atoms with van der Waals surface area (Å²) in [7, 11) is 0. The first-order chi connectivity index (χ1) is 7.97. The van der Waals surface area contributed by atoms with E-state index < -0.39 is 18.3 Å². The van der Waals surface area contributed by atoms with Gasteiger partial charge in [0.15, 0.2) is 0 Å². The van der Waals surface area contributed by atoms with Crippen LogP contribution in [0.3, 0.4) is 0 Å². The van der Waals surface area contributed by atoms with E-state index in [2.05, 4.69) is 10.6 Å². The lowest BCUT2D eigenvalue weighted by molar-refractivity contribution is -0.147. The normalized spacial score (nSPS) is 12.3. The Labute approximate surface area is 101 Å². The third kappa shape index (κ3) is 8.61. The van der Waals surface area contributed by atoms with Crippen LogP contribution in [-0.2, 0) is 14.3 Å². The van der Waals surface area contributed by atoms with Crippen molar-refractivity contribution in [2.75, 3.05) is 13.2 Å². The first-order valence-corrected chi connectivity index (χ1v) is 5.65. The molecule has 0 heterocycles. The molecule has 0 aromatic heterocycles. The zero-order valence-corrected chi connectivity index (χ0v) is 10.4. The minimum absolute atomic E-state index is 0.258. The smallest absolute Gasteiger partial charge is 0.328 e. The molecule has 7 heteroatoms. The second-order valence-electron chi connectivity index (χ2n) is 3.63. The minimum atomic E-state index is -0.608. The fourth-order valence-corrected chi connectivity index (χ4v) is 1.31. The lowest BCUT2D eigenvalue weighted by Crippen LogP contribution is -2.46. The molecule has 0 rings (SSSR count). The van der Waals surface area contributed by atoms with Crippen molar-refractivity contribution in [1.29, 1.82) is 0 Å². The number of nitrogens with one attached hydrogen (secondary N) is 2. The Bertz CT molecular complexity index is 246. The SMILES string of the molecule is CCOC(=O)C(CCCNC(N)N)NC(C)=O. The van der Waals surface area contributed by atoms with Crippen LogP contribution in [-0.4, -0.2) is 37.4 Å².